The summed E-state index contributed by atoms with van der Waals surface area (Å²) in [6.45, 7) is 15.6. The molecule has 3 aliphatic rings. The van der Waals surface area contributed by atoms with Gasteiger partial charge in [0.2, 0.25) is 5.88 Å². The van der Waals surface area contributed by atoms with Crippen LogP contribution in [0.15, 0.2) is 36.7 Å². The molecular formula is C37H41F2N5O3Si. The smallest absolute Gasteiger partial charge is 0.407 e. The summed E-state index contributed by atoms with van der Waals surface area (Å²) in [6, 6.07) is 7.67. The van der Waals surface area contributed by atoms with E-state index in [0.717, 1.165) is 11.8 Å². The molecule has 48 heavy (non-hydrogen) atoms. The first-order chi connectivity index (χ1) is 22.9. The predicted octanol–water partition coefficient (Wildman–Crippen LogP) is 8.17. The van der Waals surface area contributed by atoms with Crippen molar-refractivity contribution in [3.63, 3.8) is 0 Å². The second-order valence-electron chi connectivity index (χ2n) is 14.4. The number of anilines is 1. The lowest BCUT2D eigenvalue weighted by Gasteiger charge is -2.47. The molecule has 5 heterocycles. The van der Waals surface area contributed by atoms with E-state index in [-0.39, 0.29) is 40.8 Å². The number of nitrogens with zero attached hydrogens (tertiary/aromatic N) is 5. The van der Waals surface area contributed by atoms with E-state index >= 15 is 8.78 Å². The lowest BCUT2D eigenvalue weighted by molar-refractivity contribution is 0.0707. The highest BCUT2D eigenvalue weighted by Gasteiger charge is 2.53. The van der Waals surface area contributed by atoms with Crippen LogP contribution in [0.3, 0.4) is 0 Å². The molecule has 2 aromatic heterocycles. The first-order valence-corrected chi connectivity index (χ1v) is 19.1. The third-order valence-electron chi connectivity index (χ3n) is 11.2. The number of rotatable bonds is 4. The maximum atomic E-state index is 16.9. The number of halogens is 2. The molecule has 4 aromatic rings. The number of carbonyl (C=O) groups is 1. The summed E-state index contributed by atoms with van der Waals surface area (Å²) in [5, 5.41) is 11.6. The molecule has 1 amide bonds. The van der Waals surface area contributed by atoms with Gasteiger partial charge in [0.25, 0.3) is 0 Å². The Bertz CT molecular complexity index is 2000. The van der Waals surface area contributed by atoms with Crippen LogP contribution < -0.4 is 9.64 Å². The van der Waals surface area contributed by atoms with Gasteiger partial charge in [-0.2, -0.15) is 0 Å². The fourth-order valence-electron chi connectivity index (χ4n) is 9.14. The number of ether oxygens (including phenoxy) is 1. The van der Waals surface area contributed by atoms with Crippen molar-refractivity contribution in [2.24, 2.45) is 0 Å². The van der Waals surface area contributed by atoms with Gasteiger partial charge in [0.1, 0.15) is 48.7 Å². The minimum absolute atomic E-state index is 0.0118. The van der Waals surface area contributed by atoms with E-state index in [4.69, 9.17) is 9.72 Å². The van der Waals surface area contributed by atoms with Gasteiger partial charge in [-0.1, -0.05) is 71.7 Å². The third-order valence-corrected chi connectivity index (χ3v) is 17.5. The van der Waals surface area contributed by atoms with Crippen molar-refractivity contribution in [2.45, 2.75) is 102 Å². The van der Waals surface area contributed by atoms with Crippen LogP contribution >= 0.6 is 0 Å². The Balaban J connectivity index is 1.44. The van der Waals surface area contributed by atoms with E-state index in [1.807, 2.05) is 13.0 Å². The number of benzene rings is 2. The molecule has 7 rings (SSSR count). The van der Waals surface area contributed by atoms with Gasteiger partial charge in [0.15, 0.2) is 5.82 Å². The Morgan fingerprint density at radius 2 is 1.75 bits per heavy atom. The van der Waals surface area contributed by atoms with E-state index in [1.54, 1.807) is 18.2 Å². The van der Waals surface area contributed by atoms with Gasteiger partial charge in [-0.25, -0.2) is 28.5 Å². The minimum Gasteiger partial charge on any atom is -0.472 e. The number of amides is 1. The Hall–Kier alpha value is -4.30. The molecule has 8 nitrogen and oxygen atoms in total. The molecule has 250 valence electrons. The average Bonchev–Trinajstić information content (AvgIpc) is 3.29. The molecule has 2 saturated heterocycles. The van der Waals surface area contributed by atoms with Crippen molar-refractivity contribution < 1.29 is 23.4 Å². The molecule has 0 spiro atoms. The number of piperazine rings is 1. The highest BCUT2D eigenvalue weighted by atomic mass is 28.3. The molecule has 11 heteroatoms. The Kier molecular flexibility index (Phi) is 7.85. The van der Waals surface area contributed by atoms with Gasteiger partial charge in [-0.15, -0.1) is 5.54 Å². The fourth-order valence-corrected chi connectivity index (χ4v) is 14.3. The van der Waals surface area contributed by atoms with Gasteiger partial charge < -0.3 is 14.7 Å². The topological polar surface area (TPSA) is 91.7 Å². The van der Waals surface area contributed by atoms with Gasteiger partial charge in [0.05, 0.1) is 23.7 Å². The molecule has 1 N–H and O–H groups in total. The summed E-state index contributed by atoms with van der Waals surface area (Å²) in [5.41, 5.74) is 5.37. The Morgan fingerprint density at radius 1 is 1.02 bits per heavy atom. The molecule has 4 atom stereocenters. The van der Waals surface area contributed by atoms with E-state index < -0.39 is 31.9 Å². The summed E-state index contributed by atoms with van der Waals surface area (Å²) >= 11 is 0. The number of aromatic nitrogens is 3. The summed E-state index contributed by atoms with van der Waals surface area (Å²) < 4.78 is 39.3. The lowest BCUT2D eigenvalue weighted by Crippen LogP contribution is -2.64. The highest BCUT2D eigenvalue weighted by molar-refractivity contribution is 6.90. The van der Waals surface area contributed by atoms with Crippen molar-refractivity contribution in [3.05, 3.63) is 53.9 Å². The van der Waals surface area contributed by atoms with Crippen molar-refractivity contribution in [2.75, 3.05) is 11.4 Å². The molecule has 3 aliphatic heterocycles. The van der Waals surface area contributed by atoms with Crippen LogP contribution in [0, 0.1) is 23.1 Å². The lowest BCUT2D eigenvalue weighted by atomic mass is 9.96. The largest absolute Gasteiger partial charge is 0.472 e. The molecule has 2 bridgehead atoms. The molecule has 0 aliphatic carbocycles. The summed E-state index contributed by atoms with van der Waals surface area (Å²) in [5.74, 6) is 2.83. The molecule has 2 aromatic carbocycles. The number of hydrogen-bond donors (Lipinski definition) is 1. The monoisotopic (exact) mass is 669 g/mol. The van der Waals surface area contributed by atoms with E-state index in [1.165, 1.54) is 17.3 Å². The van der Waals surface area contributed by atoms with Gasteiger partial charge in [-0.05, 0) is 47.8 Å². The Labute approximate surface area is 280 Å². The number of fused-ring (bicyclic) bond motifs is 6. The van der Waals surface area contributed by atoms with Crippen molar-refractivity contribution in [3.8, 4) is 28.6 Å². The zero-order chi connectivity index (χ0) is 34.2. The van der Waals surface area contributed by atoms with Crippen molar-refractivity contribution in [1.82, 2.24) is 19.9 Å². The van der Waals surface area contributed by atoms with Crippen LogP contribution in [0.1, 0.15) is 66.9 Å². The quantitative estimate of drug-likeness (QED) is 0.173. The van der Waals surface area contributed by atoms with Gasteiger partial charge >= 0.3 is 6.09 Å². The standard InChI is InChI=1S/C37H41F2N5O3Si/c1-19(2)48(20(3)4,21(5)6)16-15-25-27(38)13-11-23-9-8-10-26(29(23)25)32-31(39)33-30-35(41-18-40-33)43-17-24-12-14-28(44(24)37(45)46)34(43)22(7)47-36(30)42-32/h8-11,13,18-22,24,28,34H,12,14,17H2,1-7H3,(H,45,46). The zero-order valence-corrected chi connectivity index (χ0v) is 29.4. The van der Waals surface area contributed by atoms with Crippen molar-refractivity contribution in [1.29, 1.82) is 0 Å². The van der Waals surface area contributed by atoms with E-state index in [0.29, 0.717) is 51.7 Å². The maximum Gasteiger partial charge on any atom is 0.407 e. The third kappa shape index (κ3) is 4.66. The van der Waals surface area contributed by atoms with E-state index in [2.05, 4.69) is 67.9 Å². The highest BCUT2D eigenvalue weighted by Crippen LogP contribution is 2.46. The number of hydrogen-bond acceptors (Lipinski definition) is 6. The summed E-state index contributed by atoms with van der Waals surface area (Å²) in [7, 11) is -2.22. The first-order valence-electron chi connectivity index (χ1n) is 16.9. The second kappa shape index (κ2) is 11.7. The van der Waals surface area contributed by atoms with E-state index in [9.17, 15) is 9.90 Å². The second-order valence-corrected chi connectivity index (χ2v) is 20.0. The van der Waals surface area contributed by atoms with Gasteiger partial charge in [0, 0.05) is 17.5 Å². The van der Waals surface area contributed by atoms with Crippen LogP contribution in [0.5, 0.6) is 5.88 Å². The van der Waals surface area contributed by atoms with Crippen LogP contribution in [-0.4, -0.2) is 69.9 Å². The SMILES string of the molecule is CC1Oc2nc(-c3cccc4ccc(F)c(C#C[Si](C(C)C)(C(C)C)C(C)C)c34)c(F)c3ncnc(c23)N2CC3CCC(C12)N3C(=O)O. The van der Waals surface area contributed by atoms with Gasteiger partial charge in [-0.3, -0.25) is 4.90 Å². The van der Waals surface area contributed by atoms with Crippen LogP contribution in [0.2, 0.25) is 16.6 Å². The molecule has 0 radical (unpaired) electrons. The average molecular weight is 670 g/mol. The molecular weight excluding hydrogens is 629 g/mol. The molecule has 0 saturated carbocycles. The van der Waals surface area contributed by atoms with Crippen LogP contribution in [0.25, 0.3) is 32.9 Å². The number of pyridine rings is 1. The number of carboxylic acid groups (broad SMARTS) is 1. The summed E-state index contributed by atoms with van der Waals surface area (Å²) in [4.78, 5) is 29.6. The zero-order valence-electron chi connectivity index (χ0n) is 28.4. The normalized spacial score (nSPS) is 21.8. The Morgan fingerprint density at radius 3 is 2.44 bits per heavy atom. The molecule has 2 fully saturated rings. The minimum atomic E-state index is -2.22. The van der Waals surface area contributed by atoms with Crippen LogP contribution in [-0.2, 0) is 0 Å². The predicted molar refractivity (Wildman–Crippen MR) is 186 cm³/mol. The van der Waals surface area contributed by atoms with Crippen LogP contribution in [0.4, 0.5) is 19.4 Å². The maximum absolute atomic E-state index is 16.9. The first kappa shape index (κ1) is 32.3. The fraction of sp³-hybridized carbons (Fsp3) is 0.459. The molecule has 4 unspecified atom stereocenters. The summed E-state index contributed by atoms with van der Waals surface area (Å²) in [6.07, 6.45) is 1.32. The van der Waals surface area contributed by atoms with Crippen molar-refractivity contribution >= 4 is 41.7 Å².